The van der Waals surface area contributed by atoms with E-state index < -0.39 is 20.0 Å². The van der Waals surface area contributed by atoms with E-state index in [1.807, 2.05) is 21.1 Å². The summed E-state index contributed by atoms with van der Waals surface area (Å²) in [6, 6.07) is -0.817. The molecule has 0 heterocycles. The number of quaternary nitrogens is 1. The third-order valence-electron chi connectivity index (χ3n) is 11.4. The number of carbonyl (C=O) groups is 1. The Labute approximate surface area is 401 Å². The Bertz CT molecular complexity index is 1330. The summed E-state index contributed by atoms with van der Waals surface area (Å²) in [4.78, 5) is 25.5. The summed E-state index contributed by atoms with van der Waals surface area (Å²) in [5.74, 6) is -0.186. The molecule has 2 N–H and O–H groups in total. The number of likely N-dealkylation sites (N-methyl/N-ethyl adjacent to an activating group) is 1. The van der Waals surface area contributed by atoms with Crippen molar-refractivity contribution in [1.29, 1.82) is 0 Å². The van der Waals surface area contributed by atoms with Crippen LogP contribution in [-0.2, 0) is 18.4 Å². The van der Waals surface area contributed by atoms with Gasteiger partial charge in [-0.1, -0.05) is 221 Å². The topological polar surface area (TPSA) is 108 Å². The van der Waals surface area contributed by atoms with E-state index in [4.69, 9.17) is 9.05 Å². The van der Waals surface area contributed by atoms with Crippen LogP contribution in [0, 0.1) is 0 Å². The number of nitrogens with one attached hydrogen (secondary N) is 1. The summed E-state index contributed by atoms with van der Waals surface area (Å²) >= 11 is 0. The van der Waals surface area contributed by atoms with Crippen molar-refractivity contribution in [3.8, 4) is 0 Å². The number of nitrogens with zero attached hydrogens (tertiary/aromatic N) is 1. The van der Waals surface area contributed by atoms with Crippen molar-refractivity contribution < 1.29 is 32.9 Å². The molecular formula is C56H101N2O6P. The van der Waals surface area contributed by atoms with E-state index in [1.54, 1.807) is 0 Å². The maximum absolute atomic E-state index is 12.9. The first-order valence-electron chi connectivity index (χ1n) is 26.4. The number of phosphoric ester groups is 1. The van der Waals surface area contributed by atoms with Crippen molar-refractivity contribution in [3.63, 3.8) is 0 Å². The summed E-state index contributed by atoms with van der Waals surface area (Å²) in [5.41, 5.74) is 0. The van der Waals surface area contributed by atoms with Crippen molar-refractivity contribution in [2.75, 3.05) is 40.9 Å². The van der Waals surface area contributed by atoms with Gasteiger partial charge < -0.3 is 28.8 Å². The Morgan fingerprint density at radius 2 is 0.938 bits per heavy atom. The number of unbranched alkanes of at least 4 members (excludes halogenated alkanes) is 20. The van der Waals surface area contributed by atoms with Crippen LogP contribution in [0.25, 0.3) is 0 Å². The zero-order chi connectivity index (χ0) is 47.8. The van der Waals surface area contributed by atoms with Crippen LogP contribution < -0.4 is 10.2 Å². The highest BCUT2D eigenvalue weighted by molar-refractivity contribution is 7.45. The number of phosphoric acid groups is 1. The summed E-state index contributed by atoms with van der Waals surface area (Å²) in [6.07, 6.45) is 64.5. The largest absolute Gasteiger partial charge is 0.756 e. The summed E-state index contributed by atoms with van der Waals surface area (Å²) in [5, 5.41) is 14.0. The highest BCUT2D eigenvalue weighted by atomic mass is 31.2. The van der Waals surface area contributed by atoms with Crippen LogP contribution in [0.4, 0.5) is 0 Å². The van der Waals surface area contributed by atoms with Crippen LogP contribution in [0.3, 0.4) is 0 Å². The molecule has 0 aromatic carbocycles. The molecule has 3 atom stereocenters. The van der Waals surface area contributed by atoms with Gasteiger partial charge >= 0.3 is 0 Å². The molecular weight excluding hydrogens is 828 g/mol. The van der Waals surface area contributed by atoms with E-state index in [0.717, 1.165) is 103 Å². The number of hydrogen-bond donors (Lipinski definition) is 2. The molecule has 0 spiro atoms. The molecule has 0 saturated heterocycles. The molecule has 65 heavy (non-hydrogen) atoms. The van der Waals surface area contributed by atoms with E-state index in [0.29, 0.717) is 23.9 Å². The molecule has 0 bridgehead atoms. The number of allylic oxidation sites excluding steroid dienone is 14. The van der Waals surface area contributed by atoms with Gasteiger partial charge in [0.2, 0.25) is 5.91 Å². The van der Waals surface area contributed by atoms with E-state index >= 15 is 0 Å². The van der Waals surface area contributed by atoms with Crippen molar-refractivity contribution in [3.05, 3.63) is 85.1 Å². The fourth-order valence-corrected chi connectivity index (χ4v) is 7.98. The Morgan fingerprint density at radius 3 is 1.37 bits per heavy atom. The van der Waals surface area contributed by atoms with Crippen molar-refractivity contribution in [2.24, 2.45) is 0 Å². The summed E-state index contributed by atoms with van der Waals surface area (Å²) in [7, 11) is 1.28. The zero-order valence-corrected chi connectivity index (χ0v) is 43.6. The molecule has 0 aliphatic rings. The fourth-order valence-electron chi connectivity index (χ4n) is 7.25. The average molecular weight is 929 g/mol. The molecule has 0 aliphatic carbocycles. The van der Waals surface area contributed by atoms with Gasteiger partial charge in [-0.05, 0) is 70.6 Å². The third-order valence-corrected chi connectivity index (χ3v) is 12.4. The number of amides is 1. The predicted octanol–water partition coefficient (Wildman–Crippen LogP) is 15.1. The predicted molar refractivity (Wildman–Crippen MR) is 279 cm³/mol. The monoisotopic (exact) mass is 929 g/mol. The maximum atomic E-state index is 12.9. The first-order valence-corrected chi connectivity index (χ1v) is 27.9. The standard InChI is InChI=1S/C56H101N2O6P/c1-6-8-10-12-14-16-18-20-22-24-25-26-27-28-29-30-31-32-33-34-36-38-40-42-44-46-48-50-56(60)57-54(53-64-65(61,62)63-52-51-58(3,4)5)55(59)49-47-45-43-41-39-37-35-23-21-19-17-15-13-11-9-7-2/h8,10,14,16,20,22,25-26,28-29,31-32,34,36,54-55,59H,6-7,9,11-13,15,17-19,21,23-24,27,30,33,35,37-53H2,1-5H3,(H-,57,60,61,62)/b10-8-,16-14-,22-20-,26-25-,29-28-,32-31-,36-34-. The molecule has 0 aliphatic heterocycles. The van der Waals surface area contributed by atoms with Gasteiger partial charge in [0.05, 0.1) is 39.9 Å². The number of carbonyl (C=O) groups excluding carboxylic acids is 1. The number of hydrogen-bond acceptors (Lipinski definition) is 6. The molecule has 0 radical (unpaired) electrons. The normalized spacial score (nSPS) is 14.8. The lowest BCUT2D eigenvalue weighted by atomic mass is 10.0. The molecule has 0 aromatic rings. The van der Waals surface area contributed by atoms with Crippen molar-refractivity contribution in [2.45, 2.75) is 225 Å². The number of aliphatic hydroxyl groups excluding tert-OH is 1. The van der Waals surface area contributed by atoms with Gasteiger partial charge in [-0.15, -0.1) is 0 Å². The summed E-state index contributed by atoms with van der Waals surface area (Å²) < 4.78 is 23.4. The Hall–Kier alpha value is -2.32. The minimum atomic E-state index is -4.58. The van der Waals surface area contributed by atoms with Gasteiger partial charge in [-0.3, -0.25) is 9.36 Å². The van der Waals surface area contributed by atoms with E-state index in [2.05, 4.69) is 104 Å². The minimum Gasteiger partial charge on any atom is -0.756 e. The Morgan fingerprint density at radius 1 is 0.554 bits per heavy atom. The minimum absolute atomic E-state index is 0.00363. The molecule has 376 valence electrons. The van der Waals surface area contributed by atoms with Crippen LogP contribution >= 0.6 is 7.82 Å². The average Bonchev–Trinajstić information content (AvgIpc) is 3.26. The fraction of sp³-hybridized carbons (Fsp3) is 0.732. The van der Waals surface area contributed by atoms with Gasteiger partial charge in [0, 0.05) is 6.42 Å². The second kappa shape index (κ2) is 46.8. The lowest BCUT2D eigenvalue weighted by Crippen LogP contribution is -2.46. The van der Waals surface area contributed by atoms with Crippen molar-refractivity contribution >= 4 is 13.7 Å². The molecule has 8 nitrogen and oxygen atoms in total. The van der Waals surface area contributed by atoms with Crippen LogP contribution in [-0.4, -0.2) is 68.5 Å². The molecule has 0 aromatic heterocycles. The third kappa shape index (κ3) is 49.4. The first kappa shape index (κ1) is 62.7. The molecule has 0 rings (SSSR count). The van der Waals surface area contributed by atoms with Crippen LogP contribution in [0.2, 0.25) is 0 Å². The molecule has 3 unspecified atom stereocenters. The quantitative estimate of drug-likeness (QED) is 0.0272. The van der Waals surface area contributed by atoms with Gasteiger partial charge in [0.15, 0.2) is 0 Å². The van der Waals surface area contributed by atoms with Crippen LogP contribution in [0.1, 0.15) is 213 Å². The number of aliphatic hydroxyl groups is 1. The van der Waals surface area contributed by atoms with E-state index in [9.17, 15) is 19.4 Å². The lowest BCUT2D eigenvalue weighted by molar-refractivity contribution is -0.870. The zero-order valence-electron chi connectivity index (χ0n) is 42.7. The second-order valence-electron chi connectivity index (χ2n) is 18.9. The van der Waals surface area contributed by atoms with E-state index in [-0.39, 0.29) is 19.1 Å². The van der Waals surface area contributed by atoms with Crippen LogP contribution in [0.15, 0.2) is 85.1 Å². The molecule has 9 heteroatoms. The van der Waals surface area contributed by atoms with E-state index in [1.165, 1.54) is 83.5 Å². The van der Waals surface area contributed by atoms with Gasteiger partial charge in [0.1, 0.15) is 13.2 Å². The smallest absolute Gasteiger partial charge is 0.268 e. The van der Waals surface area contributed by atoms with Gasteiger partial charge in [0.25, 0.3) is 7.82 Å². The van der Waals surface area contributed by atoms with Crippen LogP contribution in [0.5, 0.6) is 0 Å². The first-order chi connectivity index (χ1) is 31.5. The Kier molecular flexibility index (Phi) is 45.1. The number of rotatable bonds is 47. The SMILES string of the molecule is CC/C=C\C/C=C\C/C=C\C/C=C\C/C=C\C/C=C\C/C=C\CCCCCCCC(=O)NC(COP(=O)([O-])OCC[N+](C)(C)C)C(O)CCCCCCCCCCCCCCCCCC. The highest BCUT2D eigenvalue weighted by Crippen LogP contribution is 2.38. The van der Waals surface area contributed by atoms with Gasteiger partial charge in [-0.25, -0.2) is 0 Å². The molecule has 0 saturated carbocycles. The van der Waals surface area contributed by atoms with Gasteiger partial charge in [-0.2, -0.15) is 0 Å². The molecule has 1 amide bonds. The van der Waals surface area contributed by atoms with Crippen molar-refractivity contribution in [1.82, 2.24) is 5.32 Å². The summed E-state index contributed by atoms with van der Waals surface area (Å²) in [6.45, 7) is 4.59. The lowest BCUT2D eigenvalue weighted by Gasteiger charge is -2.30. The molecule has 0 fully saturated rings. The second-order valence-corrected chi connectivity index (χ2v) is 20.3. The Balaban J connectivity index is 4.30. The maximum Gasteiger partial charge on any atom is 0.268 e. The highest BCUT2D eigenvalue weighted by Gasteiger charge is 2.24.